The lowest BCUT2D eigenvalue weighted by atomic mass is 9.93. The highest BCUT2D eigenvalue weighted by molar-refractivity contribution is 6.25. The first-order valence-electron chi connectivity index (χ1n) is 20.6. The summed E-state index contributed by atoms with van der Waals surface area (Å²) in [5.41, 5.74) is 11.1. The third-order valence-corrected chi connectivity index (χ3v) is 11.9. The van der Waals surface area contributed by atoms with Gasteiger partial charge in [0, 0.05) is 27.5 Å². The van der Waals surface area contributed by atoms with Gasteiger partial charge >= 0.3 is 0 Å². The Morgan fingerprint density at radius 1 is 0.246 bits per heavy atom. The summed E-state index contributed by atoms with van der Waals surface area (Å²) in [6.45, 7) is 0. The molecule has 4 nitrogen and oxygen atoms in total. The molecule has 0 saturated carbocycles. The fourth-order valence-electron chi connectivity index (χ4n) is 8.98. The van der Waals surface area contributed by atoms with Gasteiger partial charge in [-0.3, -0.25) is 0 Å². The zero-order valence-electron chi connectivity index (χ0n) is 33.0. The van der Waals surface area contributed by atoms with E-state index in [1.54, 1.807) is 0 Å². The minimum Gasteiger partial charge on any atom is -0.456 e. The second-order valence-corrected chi connectivity index (χ2v) is 15.5. The van der Waals surface area contributed by atoms with Crippen LogP contribution in [-0.4, -0.2) is 15.0 Å². The van der Waals surface area contributed by atoms with Gasteiger partial charge in [-0.1, -0.05) is 176 Å². The number of furan rings is 1. The number of aromatic nitrogens is 3. The van der Waals surface area contributed by atoms with Crippen LogP contribution in [0.5, 0.6) is 0 Å². The summed E-state index contributed by atoms with van der Waals surface area (Å²) in [5, 5.41) is 9.38. The summed E-state index contributed by atoms with van der Waals surface area (Å²) < 4.78 is 6.64. The Labute approximate surface area is 352 Å². The number of hydrogen-bond donors (Lipinski definition) is 0. The Bertz CT molecular complexity index is 3610. The SMILES string of the molecule is c1ccc(-c2cccc(-c3nc(-c4ccc5c(c4)oc4cccc(-c6cccc(-c7ccccc7)c6)c45)nc(-c4ccc5c6ccccc6c6ccccc6c5c4)n3)c2)cc1. The molecule has 0 aliphatic carbocycles. The maximum atomic E-state index is 6.64. The number of rotatable bonds is 6. The average Bonchev–Trinajstić information content (AvgIpc) is 3.73. The number of hydrogen-bond acceptors (Lipinski definition) is 4. The zero-order chi connectivity index (χ0) is 40.3. The minimum atomic E-state index is 0.576. The van der Waals surface area contributed by atoms with Crippen molar-refractivity contribution in [3.05, 3.63) is 212 Å². The lowest BCUT2D eigenvalue weighted by Gasteiger charge is -2.13. The molecule has 0 saturated heterocycles. The largest absolute Gasteiger partial charge is 0.456 e. The van der Waals surface area contributed by atoms with Crippen LogP contribution in [0.25, 0.3) is 122 Å². The molecule has 0 atom stereocenters. The first-order valence-corrected chi connectivity index (χ1v) is 20.6. The molecule has 0 fully saturated rings. The number of fused-ring (bicyclic) bond motifs is 9. The van der Waals surface area contributed by atoms with Gasteiger partial charge in [-0.15, -0.1) is 0 Å². The Morgan fingerprint density at radius 2 is 0.672 bits per heavy atom. The van der Waals surface area contributed by atoms with Crippen molar-refractivity contribution in [2.75, 3.05) is 0 Å². The predicted octanol–water partition coefficient (Wildman–Crippen LogP) is 15.2. The van der Waals surface area contributed by atoms with Crippen LogP contribution in [0.1, 0.15) is 0 Å². The van der Waals surface area contributed by atoms with Crippen LogP contribution >= 0.6 is 0 Å². The van der Waals surface area contributed by atoms with Crippen molar-refractivity contribution in [1.82, 2.24) is 15.0 Å². The topological polar surface area (TPSA) is 51.8 Å². The predicted molar refractivity (Wildman–Crippen MR) is 252 cm³/mol. The minimum absolute atomic E-state index is 0.576. The Hall–Kier alpha value is -8.21. The maximum Gasteiger partial charge on any atom is 0.164 e. The van der Waals surface area contributed by atoms with Crippen LogP contribution in [0.15, 0.2) is 217 Å². The molecule has 284 valence electrons. The Kier molecular flexibility index (Phi) is 8.13. The summed E-state index contributed by atoms with van der Waals surface area (Å²) in [6, 6.07) is 74.6. The summed E-state index contributed by atoms with van der Waals surface area (Å²) in [7, 11) is 0. The van der Waals surface area contributed by atoms with Crippen LogP contribution in [0.3, 0.4) is 0 Å². The smallest absolute Gasteiger partial charge is 0.164 e. The van der Waals surface area contributed by atoms with Gasteiger partial charge in [-0.05, 0) is 102 Å². The number of nitrogens with zero attached hydrogens (tertiary/aromatic N) is 3. The molecule has 0 aliphatic rings. The first kappa shape index (κ1) is 34.8. The van der Waals surface area contributed by atoms with Gasteiger partial charge in [0.2, 0.25) is 0 Å². The van der Waals surface area contributed by atoms with E-state index in [1.807, 2.05) is 12.1 Å². The molecule has 0 bridgehead atoms. The molecule has 0 spiro atoms. The van der Waals surface area contributed by atoms with E-state index in [9.17, 15) is 0 Å². The second kappa shape index (κ2) is 14.3. The van der Waals surface area contributed by atoms with Crippen molar-refractivity contribution in [3.63, 3.8) is 0 Å². The summed E-state index contributed by atoms with van der Waals surface area (Å²) in [6.07, 6.45) is 0. The van der Waals surface area contributed by atoms with Gasteiger partial charge in [-0.2, -0.15) is 0 Å². The molecule has 2 heterocycles. The molecule has 2 aromatic heterocycles. The molecule has 0 aliphatic heterocycles. The standard InChI is InChI=1S/C57H35N3O/c1-3-14-36(15-4-1)38-18-11-20-40(32-38)44-26-13-27-52-54(44)50-31-29-43(35-53(50)61-52)57-59-55(41-21-12-19-39(33-41)37-16-5-2-6-17-37)58-56(60-57)42-28-30-49-47-24-8-7-22-45(47)46-23-9-10-25-48(46)51(49)34-42/h1-35H. The molecule has 4 heteroatoms. The molecule has 10 aromatic carbocycles. The highest BCUT2D eigenvalue weighted by Crippen LogP contribution is 2.40. The number of benzene rings is 10. The molecule has 0 radical (unpaired) electrons. The van der Waals surface area contributed by atoms with Gasteiger partial charge in [0.05, 0.1) is 0 Å². The van der Waals surface area contributed by atoms with Gasteiger partial charge < -0.3 is 4.42 Å². The molecular weight excluding hydrogens is 743 g/mol. The van der Waals surface area contributed by atoms with E-state index >= 15 is 0 Å². The van der Waals surface area contributed by atoms with Crippen molar-refractivity contribution >= 4 is 54.3 Å². The summed E-state index contributed by atoms with van der Waals surface area (Å²) in [5.74, 6) is 1.78. The molecule has 0 N–H and O–H groups in total. The van der Waals surface area contributed by atoms with Gasteiger partial charge in [0.25, 0.3) is 0 Å². The van der Waals surface area contributed by atoms with Crippen LogP contribution in [-0.2, 0) is 0 Å². The van der Waals surface area contributed by atoms with E-state index in [0.29, 0.717) is 17.5 Å². The molecule has 61 heavy (non-hydrogen) atoms. The van der Waals surface area contributed by atoms with E-state index < -0.39 is 0 Å². The van der Waals surface area contributed by atoms with Crippen molar-refractivity contribution in [1.29, 1.82) is 0 Å². The molecule has 0 unspecified atom stereocenters. The van der Waals surface area contributed by atoms with Crippen LogP contribution in [0.2, 0.25) is 0 Å². The van der Waals surface area contributed by atoms with Gasteiger partial charge in [0.15, 0.2) is 17.5 Å². The van der Waals surface area contributed by atoms with E-state index in [1.165, 1.54) is 38.1 Å². The Balaban J connectivity index is 1.03. The highest BCUT2D eigenvalue weighted by Gasteiger charge is 2.18. The van der Waals surface area contributed by atoms with Gasteiger partial charge in [-0.25, -0.2) is 15.0 Å². The quantitative estimate of drug-likeness (QED) is 0.158. The zero-order valence-corrected chi connectivity index (χ0v) is 33.0. The van der Waals surface area contributed by atoms with Crippen LogP contribution in [0, 0.1) is 0 Å². The van der Waals surface area contributed by atoms with Gasteiger partial charge in [0.1, 0.15) is 11.2 Å². The summed E-state index contributed by atoms with van der Waals surface area (Å²) >= 11 is 0. The van der Waals surface area contributed by atoms with Crippen molar-refractivity contribution in [3.8, 4) is 67.5 Å². The van der Waals surface area contributed by atoms with E-state index in [-0.39, 0.29) is 0 Å². The maximum absolute atomic E-state index is 6.64. The third kappa shape index (κ3) is 6.04. The van der Waals surface area contributed by atoms with Crippen molar-refractivity contribution < 1.29 is 4.42 Å². The third-order valence-electron chi connectivity index (χ3n) is 11.9. The Morgan fingerprint density at radius 3 is 1.28 bits per heavy atom. The fourth-order valence-corrected chi connectivity index (χ4v) is 8.98. The lowest BCUT2D eigenvalue weighted by molar-refractivity contribution is 0.669. The average molecular weight is 778 g/mol. The summed E-state index contributed by atoms with van der Waals surface area (Å²) in [4.78, 5) is 15.6. The monoisotopic (exact) mass is 777 g/mol. The van der Waals surface area contributed by atoms with Crippen molar-refractivity contribution in [2.24, 2.45) is 0 Å². The molecule has 12 aromatic rings. The highest BCUT2D eigenvalue weighted by atomic mass is 16.3. The molecular formula is C57H35N3O. The first-order chi connectivity index (χ1) is 30.2. The second-order valence-electron chi connectivity index (χ2n) is 15.5. The normalized spacial score (nSPS) is 11.6. The van der Waals surface area contributed by atoms with Crippen molar-refractivity contribution in [2.45, 2.75) is 0 Å². The lowest BCUT2D eigenvalue weighted by Crippen LogP contribution is -2.00. The molecule has 0 amide bonds. The van der Waals surface area contributed by atoms with Crippen LogP contribution in [0.4, 0.5) is 0 Å². The molecule has 12 rings (SSSR count). The van der Waals surface area contributed by atoms with E-state index in [2.05, 4.69) is 200 Å². The van der Waals surface area contributed by atoms with E-state index in [4.69, 9.17) is 19.4 Å². The van der Waals surface area contributed by atoms with E-state index in [0.717, 1.165) is 66.3 Å². The fraction of sp³-hybridized carbons (Fsp3) is 0. The van der Waals surface area contributed by atoms with Crippen LogP contribution < -0.4 is 0 Å².